The number of H-pyrrole nitrogens is 1. The molecule has 0 aliphatic carbocycles. The molecule has 0 saturated carbocycles. The van der Waals surface area contributed by atoms with Crippen molar-refractivity contribution in [2.45, 2.75) is 25.0 Å². The Balaban J connectivity index is 1.58. The fourth-order valence-electron chi connectivity index (χ4n) is 2.78. The Morgan fingerprint density at radius 3 is 2.86 bits per heavy atom. The van der Waals surface area contributed by atoms with Crippen LogP contribution in [0, 0.1) is 0 Å². The highest BCUT2D eigenvalue weighted by Gasteiger charge is 2.27. The van der Waals surface area contributed by atoms with E-state index < -0.39 is 5.97 Å². The highest BCUT2D eigenvalue weighted by molar-refractivity contribution is 8.04. The molecule has 0 spiro atoms. The third-order valence-electron chi connectivity index (χ3n) is 4.17. The van der Waals surface area contributed by atoms with Crippen LogP contribution >= 0.6 is 23.5 Å². The van der Waals surface area contributed by atoms with Crippen LogP contribution in [-0.4, -0.2) is 56.2 Å². The van der Waals surface area contributed by atoms with Crippen LogP contribution in [0.1, 0.15) is 12.5 Å². The van der Waals surface area contributed by atoms with Gasteiger partial charge in [0.1, 0.15) is 0 Å². The number of esters is 1. The molecule has 8 nitrogen and oxygen atoms in total. The molecule has 1 amide bonds. The van der Waals surface area contributed by atoms with E-state index in [1.807, 2.05) is 30.3 Å². The van der Waals surface area contributed by atoms with Crippen LogP contribution in [0.15, 0.2) is 51.4 Å². The molecule has 0 unspecified atom stereocenters. The van der Waals surface area contributed by atoms with E-state index in [-0.39, 0.29) is 18.2 Å². The van der Waals surface area contributed by atoms with Gasteiger partial charge in [-0.3, -0.25) is 9.36 Å². The minimum atomic E-state index is -0.454. The smallest absolute Gasteiger partial charge is 0.343 e. The first-order valence-electron chi connectivity index (χ1n) is 9.22. The molecule has 1 N–H and O–H groups in total. The Morgan fingerprint density at radius 1 is 1.31 bits per heavy atom. The number of carbonyl (C=O) groups is 2. The van der Waals surface area contributed by atoms with Crippen molar-refractivity contribution < 1.29 is 14.3 Å². The summed E-state index contributed by atoms with van der Waals surface area (Å²) in [5.74, 6) is 0.349. The lowest BCUT2D eigenvalue weighted by atomic mass is 10.1. The first kappa shape index (κ1) is 21.3. The lowest BCUT2D eigenvalue weighted by Crippen LogP contribution is -2.27. The van der Waals surface area contributed by atoms with E-state index in [0.717, 1.165) is 12.0 Å². The molecular formula is C19H22N4O4S2. The third-order valence-corrected chi connectivity index (χ3v) is 6.16. The van der Waals surface area contributed by atoms with Gasteiger partial charge in [-0.15, -0.1) is 5.10 Å². The van der Waals surface area contributed by atoms with Crippen molar-refractivity contribution in [1.82, 2.24) is 19.7 Å². The summed E-state index contributed by atoms with van der Waals surface area (Å²) in [6.07, 6.45) is 2.08. The molecule has 1 aliphatic heterocycles. The van der Waals surface area contributed by atoms with Gasteiger partial charge in [0, 0.05) is 18.8 Å². The van der Waals surface area contributed by atoms with E-state index in [1.54, 1.807) is 16.4 Å². The number of aromatic amines is 1. The maximum atomic E-state index is 12.1. The van der Waals surface area contributed by atoms with E-state index in [9.17, 15) is 14.4 Å². The number of ether oxygens (including phenoxy) is 1. The van der Waals surface area contributed by atoms with Crippen molar-refractivity contribution in [3.05, 3.63) is 57.5 Å². The van der Waals surface area contributed by atoms with E-state index in [2.05, 4.69) is 10.2 Å². The number of aryl methyl sites for hydroxylation is 1. The maximum absolute atomic E-state index is 12.1. The summed E-state index contributed by atoms with van der Waals surface area (Å²) in [4.78, 5) is 37.4. The van der Waals surface area contributed by atoms with Gasteiger partial charge in [0.15, 0.2) is 5.16 Å². The van der Waals surface area contributed by atoms with Crippen molar-refractivity contribution in [3.8, 4) is 0 Å². The van der Waals surface area contributed by atoms with Crippen LogP contribution in [0.4, 0.5) is 0 Å². The molecule has 1 aromatic heterocycles. The number of benzene rings is 1. The minimum Gasteiger partial charge on any atom is -0.463 e. The first-order valence-corrected chi connectivity index (χ1v) is 11.2. The van der Waals surface area contributed by atoms with Crippen molar-refractivity contribution >= 4 is 35.4 Å². The van der Waals surface area contributed by atoms with Gasteiger partial charge in [-0.1, -0.05) is 53.9 Å². The normalized spacial score (nSPS) is 15.3. The molecule has 10 heteroatoms. The monoisotopic (exact) mass is 434 g/mol. The van der Waals surface area contributed by atoms with Crippen molar-refractivity contribution in [3.63, 3.8) is 0 Å². The van der Waals surface area contributed by atoms with Crippen LogP contribution in [0.3, 0.4) is 0 Å². The number of nitrogens with zero attached hydrogens (tertiary/aromatic N) is 3. The maximum Gasteiger partial charge on any atom is 0.343 e. The standard InChI is InChI=1S/C19H22N4O4S2/c1-2-27-17(25)12-16-22(15(24)13-29-16)10-11-28-19-21-20-18(26)23(19)9-8-14-6-4-3-5-7-14/h3-7,12H,2,8-11,13H2,1H3,(H,20,26)/b16-12+. The Hall–Kier alpha value is -2.46. The van der Waals surface area contributed by atoms with Crippen LogP contribution in [0.25, 0.3) is 0 Å². The zero-order valence-electron chi connectivity index (χ0n) is 16.0. The van der Waals surface area contributed by atoms with Gasteiger partial charge < -0.3 is 9.64 Å². The van der Waals surface area contributed by atoms with Gasteiger partial charge in [0.25, 0.3) is 0 Å². The fourth-order valence-corrected chi connectivity index (χ4v) is 4.63. The molecule has 2 aromatic rings. The molecule has 1 saturated heterocycles. The Morgan fingerprint density at radius 2 is 2.10 bits per heavy atom. The lowest BCUT2D eigenvalue weighted by molar-refractivity contribution is -0.137. The van der Waals surface area contributed by atoms with Crippen LogP contribution in [-0.2, 0) is 27.3 Å². The van der Waals surface area contributed by atoms with E-state index >= 15 is 0 Å². The summed E-state index contributed by atoms with van der Waals surface area (Å²) in [7, 11) is 0. The predicted molar refractivity (Wildman–Crippen MR) is 113 cm³/mol. The Kier molecular flexibility index (Phi) is 7.59. The summed E-state index contributed by atoms with van der Waals surface area (Å²) < 4.78 is 6.52. The number of aromatic nitrogens is 3. The minimum absolute atomic E-state index is 0.0466. The molecule has 2 heterocycles. The molecule has 29 heavy (non-hydrogen) atoms. The molecule has 0 radical (unpaired) electrons. The van der Waals surface area contributed by atoms with Crippen molar-refractivity contribution in [2.24, 2.45) is 0 Å². The second-order valence-electron chi connectivity index (χ2n) is 6.12. The van der Waals surface area contributed by atoms with Gasteiger partial charge in [-0.05, 0) is 18.9 Å². The summed E-state index contributed by atoms with van der Waals surface area (Å²) in [5.41, 5.74) is 0.893. The van der Waals surface area contributed by atoms with Gasteiger partial charge in [-0.25, -0.2) is 14.7 Å². The Bertz CT molecular complexity index is 939. The quantitative estimate of drug-likeness (QED) is 0.366. The van der Waals surface area contributed by atoms with Crippen LogP contribution in [0.2, 0.25) is 0 Å². The average molecular weight is 435 g/mol. The predicted octanol–water partition coefficient (Wildman–Crippen LogP) is 1.89. The number of amides is 1. The summed E-state index contributed by atoms with van der Waals surface area (Å²) in [6, 6.07) is 9.93. The zero-order chi connectivity index (χ0) is 20.6. The highest BCUT2D eigenvalue weighted by Crippen LogP contribution is 2.29. The topological polar surface area (TPSA) is 97.3 Å². The number of rotatable bonds is 9. The van der Waals surface area contributed by atoms with Crippen LogP contribution in [0.5, 0.6) is 0 Å². The second kappa shape index (κ2) is 10.4. The number of nitrogens with one attached hydrogen (secondary N) is 1. The van der Waals surface area contributed by atoms with Crippen molar-refractivity contribution in [2.75, 3.05) is 24.7 Å². The molecule has 0 atom stereocenters. The zero-order valence-corrected chi connectivity index (χ0v) is 17.6. The molecule has 1 aliphatic rings. The van der Waals surface area contributed by atoms with Crippen LogP contribution < -0.4 is 5.69 Å². The number of carbonyl (C=O) groups excluding carboxylic acids is 2. The van der Waals surface area contributed by atoms with E-state index in [0.29, 0.717) is 34.8 Å². The molecule has 3 rings (SSSR count). The molecular weight excluding hydrogens is 412 g/mol. The molecule has 1 fully saturated rings. The van der Waals surface area contributed by atoms with Crippen molar-refractivity contribution in [1.29, 1.82) is 0 Å². The SMILES string of the molecule is CCOC(=O)/C=C1/SCC(=O)N1CCSc1n[nH]c(=O)n1CCc1ccccc1. The van der Waals surface area contributed by atoms with Gasteiger partial charge in [-0.2, -0.15) is 0 Å². The fraction of sp³-hybridized carbons (Fsp3) is 0.368. The van der Waals surface area contributed by atoms with E-state index in [4.69, 9.17) is 4.74 Å². The third kappa shape index (κ3) is 5.77. The second-order valence-corrected chi connectivity index (χ2v) is 8.17. The number of hydrogen-bond donors (Lipinski definition) is 1. The summed E-state index contributed by atoms with van der Waals surface area (Å²) >= 11 is 2.72. The average Bonchev–Trinajstić information content (AvgIpc) is 3.24. The first-order chi connectivity index (χ1) is 14.1. The summed E-state index contributed by atoms with van der Waals surface area (Å²) in [6.45, 7) is 2.96. The van der Waals surface area contributed by atoms with E-state index in [1.165, 1.54) is 29.6 Å². The highest BCUT2D eigenvalue weighted by atomic mass is 32.2. The number of hydrogen-bond acceptors (Lipinski definition) is 7. The largest absolute Gasteiger partial charge is 0.463 e. The number of thioether (sulfide) groups is 2. The van der Waals surface area contributed by atoms with Gasteiger partial charge in [0.05, 0.1) is 23.5 Å². The Labute approximate surface area is 176 Å². The molecule has 154 valence electrons. The molecule has 1 aromatic carbocycles. The van der Waals surface area contributed by atoms with Gasteiger partial charge in [0.2, 0.25) is 5.91 Å². The van der Waals surface area contributed by atoms with Gasteiger partial charge >= 0.3 is 11.7 Å². The lowest BCUT2D eigenvalue weighted by Gasteiger charge is -2.16. The summed E-state index contributed by atoms with van der Waals surface area (Å²) in [5, 5.41) is 7.76. The molecule has 0 bridgehead atoms.